The van der Waals surface area contributed by atoms with Gasteiger partial charge < -0.3 is 22.1 Å². The number of hydrogen-bond acceptors (Lipinski definition) is 4. The number of aliphatic imine (C=N–C) groups is 1. The number of alkyl halides is 3. The van der Waals surface area contributed by atoms with Crippen LogP contribution in [0, 0.1) is 0 Å². The zero-order valence-corrected chi connectivity index (χ0v) is 15.2. The lowest BCUT2D eigenvalue weighted by Crippen LogP contribution is -2.44. The molecule has 0 bridgehead atoms. The van der Waals surface area contributed by atoms with Gasteiger partial charge in [0.2, 0.25) is 0 Å². The first-order chi connectivity index (χ1) is 12.6. The minimum Gasteiger partial charge on any atom is -0.404 e. The lowest BCUT2D eigenvalue weighted by atomic mass is 10.0. The van der Waals surface area contributed by atoms with Gasteiger partial charge in [0.25, 0.3) is 5.91 Å². The molecule has 0 spiro atoms. The quantitative estimate of drug-likeness (QED) is 0.534. The molecule has 1 aromatic carbocycles. The molecule has 0 aliphatic carbocycles. The number of amidine groups is 1. The standard InChI is InChI=1S/C17H19ClF3N5O/c1-9-7-13(25-14(24)5-6-22)12(23)8-26(9)16(27)10-3-2-4-11(15(10)18)17(19,20)21/h2-6,9H,7-8,22-23H2,1H3,(H2,24,25)/b6-5-. The number of halogens is 4. The highest BCUT2D eigenvalue weighted by atomic mass is 35.5. The Morgan fingerprint density at radius 2 is 2.07 bits per heavy atom. The lowest BCUT2D eigenvalue weighted by Gasteiger charge is -2.34. The molecular weight excluding hydrogens is 383 g/mol. The van der Waals surface area contributed by atoms with Crippen molar-refractivity contribution in [3.8, 4) is 0 Å². The second-order valence-electron chi connectivity index (χ2n) is 6.02. The van der Waals surface area contributed by atoms with Gasteiger partial charge in [-0.25, -0.2) is 4.99 Å². The Balaban J connectivity index is 2.34. The van der Waals surface area contributed by atoms with E-state index in [1.165, 1.54) is 23.2 Å². The summed E-state index contributed by atoms with van der Waals surface area (Å²) >= 11 is 5.86. The molecule has 2 rings (SSSR count). The summed E-state index contributed by atoms with van der Waals surface area (Å²) in [5.41, 5.74) is 16.4. The normalized spacial score (nSPS) is 19.1. The molecule has 0 radical (unpaired) electrons. The molecule has 0 aromatic heterocycles. The van der Waals surface area contributed by atoms with Gasteiger partial charge in [0.1, 0.15) is 5.84 Å². The van der Waals surface area contributed by atoms with Crippen molar-refractivity contribution in [2.75, 3.05) is 6.54 Å². The molecule has 0 fully saturated rings. The molecule has 0 saturated carbocycles. The summed E-state index contributed by atoms with van der Waals surface area (Å²) in [5, 5.41) is -0.633. The molecule has 1 heterocycles. The topological polar surface area (TPSA) is 111 Å². The van der Waals surface area contributed by atoms with Crippen LogP contribution in [0.5, 0.6) is 0 Å². The average Bonchev–Trinajstić information content (AvgIpc) is 2.56. The Morgan fingerprint density at radius 1 is 1.41 bits per heavy atom. The number of benzene rings is 1. The number of hydrogen-bond donors (Lipinski definition) is 3. The maximum absolute atomic E-state index is 13.0. The summed E-state index contributed by atoms with van der Waals surface area (Å²) in [6.45, 7) is 1.72. The Hall–Kier alpha value is -2.68. The smallest absolute Gasteiger partial charge is 0.404 e. The van der Waals surface area contributed by atoms with Crippen LogP contribution < -0.4 is 17.2 Å². The number of nitrogens with zero attached hydrogens (tertiary/aromatic N) is 2. The minimum absolute atomic E-state index is 0.00890. The van der Waals surface area contributed by atoms with Gasteiger partial charge in [-0.05, 0) is 31.3 Å². The van der Waals surface area contributed by atoms with E-state index in [4.69, 9.17) is 28.8 Å². The third-order valence-corrected chi connectivity index (χ3v) is 4.47. The van der Waals surface area contributed by atoms with Crippen molar-refractivity contribution in [1.82, 2.24) is 4.90 Å². The molecular formula is C17H19ClF3N5O. The molecule has 146 valence electrons. The van der Waals surface area contributed by atoms with E-state index in [0.717, 1.165) is 12.1 Å². The van der Waals surface area contributed by atoms with Crippen molar-refractivity contribution in [2.24, 2.45) is 22.2 Å². The van der Waals surface area contributed by atoms with Crippen LogP contribution in [-0.4, -0.2) is 29.2 Å². The van der Waals surface area contributed by atoms with Crippen LogP contribution in [0.2, 0.25) is 5.02 Å². The third-order valence-electron chi connectivity index (χ3n) is 4.06. The van der Waals surface area contributed by atoms with Gasteiger partial charge in [-0.1, -0.05) is 17.7 Å². The first-order valence-corrected chi connectivity index (χ1v) is 8.30. The predicted molar refractivity (Wildman–Crippen MR) is 97.7 cm³/mol. The van der Waals surface area contributed by atoms with Crippen molar-refractivity contribution in [3.63, 3.8) is 0 Å². The van der Waals surface area contributed by atoms with Crippen molar-refractivity contribution in [1.29, 1.82) is 0 Å². The van der Waals surface area contributed by atoms with Crippen LogP contribution in [0.1, 0.15) is 29.3 Å². The van der Waals surface area contributed by atoms with Gasteiger partial charge in [0.15, 0.2) is 0 Å². The van der Waals surface area contributed by atoms with Gasteiger partial charge in [-0.2, -0.15) is 13.2 Å². The van der Waals surface area contributed by atoms with E-state index in [9.17, 15) is 18.0 Å². The zero-order valence-electron chi connectivity index (χ0n) is 14.4. The SMILES string of the molecule is CC1CC(N=C(N)/C=C\N)=C(N)CN1C(=O)c1cccc(C(F)(F)F)c1Cl. The molecule has 27 heavy (non-hydrogen) atoms. The summed E-state index contributed by atoms with van der Waals surface area (Å²) in [7, 11) is 0. The van der Waals surface area contributed by atoms with E-state index in [-0.39, 0.29) is 36.1 Å². The molecule has 1 amide bonds. The highest BCUT2D eigenvalue weighted by molar-refractivity contribution is 6.34. The van der Waals surface area contributed by atoms with Gasteiger partial charge in [0, 0.05) is 18.2 Å². The fourth-order valence-electron chi connectivity index (χ4n) is 2.70. The fraction of sp³-hybridized carbons (Fsp3) is 0.294. The molecule has 1 atom stereocenters. The highest BCUT2D eigenvalue weighted by Crippen LogP contribution is 2.37. The molecule has 0 saturated heterocycles. The maximum Gasteiger partial charge on any atom is 0.417 e. The van der Waals surface area contributed by atoms with Crippen molar-refractivity contribution < 1.29 is 18.0 Å². The van der Waals surface area contributed by atoms with Crippen LogP contribution in [0.3, 0.4) is 0 Å². The summed E-state index contributed by atoms with van der Waals surface area (Å²) in [4.78, 5) is 18.3. The molecule has 6 nitrogen and oxygen atoms in total. The van der Waals surface area contributed by atoms with Gasteiger partial charge in [-0.15, -0.1) is 0 Å². The Morgan fingerprint density at radius 3 is 2.67 bits per heavy atom. The number of nitrogens with two attached hydrogens (primary N) is 3. The van der Waals surface area contributed by atoms with Crippen LogP contribution in [0.15, 0.2) is 46.9 Å². The summed E-state index contributed by atoms with van der Waals surface area (Å²) in [6.07, 6.45) is -1.75. The number of amides is 1. The number of carbonyl (C=O) groups excluding carboxylic acids is 1. The van der Waals surface area contributed by atoms with E-state index in [1.54, 1.807) is 6.92 Å². The van der Waals surface area contributed by atoms with Gasteiger partial charge in [0.05, 0.1) is 28.4 Å². The van der Waals surface area contributed by atoms with E-state index in [0.29, 0.717) is 5.70 Å². The number of carbonyl (C=O) groups is 1. The lowest BCUT2D eigenvalue weighted by molar-refractivity contribution is -0.137. The summed E-state index contributed by atoms with van der Waals surface area (Å²) < 4.78 is 39.1. The van der Waals surface area contributed by atoms with Crippen LogP contribution in [-0.2, 0) is 6.18 Å². The van der Waals surface area contributed by atoms with Crippen molar-refractivity contribution in [3.05, 3.63) is 58.0 Å². The van der Waals surface area contributed by atoms with Crippen LogP contribution >= 0.6 is 11.6 Å². The molecule has 1 aliphatic heterocycles. The minimum atomic E-state index is -4.66. The predicted octanol–water partition coefficient (Wildman–Crippen LogP) is 2.59. The monoisotopic (exact) mass is 401 g/mol. The van der Waals surface area contributed by atoms with E-state index in [1.807, 2.05) is 0 Å². The summed E-state index contributed by atoms with van der Waals surface area (Å²) in [6, 6.07) is 2.85. The van der Waals surface area contributed by atoms with Gasteiger partial charge in [-0.3, -0.25) is 4.79 Å². The largest absolute Gasteiger partial charge is 0.417 e. The van der Waals surface area contributed by atoms with Crippen LogP contribution in [0.25, 0.3) is 0 Å². The summed E-state index contributed by atoms with van der Waals surface area (Å²) in [5.74, 6) is -0.484. The fourth-order valence-corrected chi connectivity index (χ4v) is 3.02. The molecule has 1 aliphatic rings. The molecule has 10 heteroatoms. The second kappa shape index (κ2) is 7.91. The maximum atomic E-state index is 13.0. The Labute approximate surface area is 159 Å². The zero-order chi connectivity index (χ0) is 20.4. The van der Waals surface area contributed by atoms with Gasteiger partial charge >= 0.3 is 6.18 Å². The highest BCUT2D eigenvalue weighted by Gasteiger charge is 2.36. The molecule has 1 aromatic rings. The van der Waals surface area contributed by atoms with E-state index >= 15 is 0 Å². The number of rotatable bonds is 3. The first kappa shape index (κ1) is 20.6. The molecule has 1 unspecified atom stereocenters. The van der Waals surface area contributed by atoms with Crippen LogP contribution in [0.4, 0.5) is 13.2 Å². The van der Waals surface area contributed by atoms with Crippen molar-refractivity contribution in [2.45, 2.75) is 25.6 Å². The average molecular weight is 402 g/mol. The second-order valence-corrected chi connectivity index (χ2v) is 6.40. The molecule has 6 N–H and O–H groups in total. The Kier molecular flexibility index (Phi) is 6.04. The third kappa shape index (κ3) is 4.54. The first-order valence-electron chi connectivity index (χ1n) is 7.92. The van der Waals surface area contributed by atoms with E-state index in [2.05, 4.69) is 4.99 Å². The Bertz CT molecular complexity index is 832. The van der Waals surface area contributed by atoms with E-state index < -0.39 is 22.7 Å². The van der Waals surface area contributed by atoms with Crippen molar-refractivity contribution >= 4 is 23.3 Å².